The first-order valence-corrected chi connectivity index (χ1v) is 15.3. The zero-order valence-electron chi connectivity index (χ0n) is 24.4. The van der Waals surface area contributed by atoms with Crippen molar-refractivity contribution in [1.82, 2.24) is 29.4 Å². The molecule has 222 valence electrons. The van der Waals surface area contributed by atoms with Gasteiger partial charge >= 0.3 is 0 Å². The van der Waals surface area contributed by atoms with Gasteiger partial charge in [-0.2, -0.15) is 0 Å². The zero-order valence-corrected chi connectivity index (χ0v) is 25.1. The van der Waals surface area contributed by atoms with Gasteiger partial charge in [0.25, 0.3) is 5.56 Å². The lowest BCUT2D eigenvalue weighted by Crippen LogP contribution is -2.48. The number of carbonyl (C=O) groups excluding carboxylic acids is 1. The second-order valence-corrected chi connectivity index (χ2v) is 11.5. The average Bonchev–Trinajstić information content (AvgIpc) is 3.46. The molecule has 43 heavy (non-hydrogen) atoms. The number of anilines is 1. The van der Waals surface area contributed by atoms with Crippen LogP contribution in [0, 0.1) is 6.92 Å². The van der Waals surface area contributed by atoms with E-state index in [1.807, 2.05) is 59.0 Å². The number of benzene rings is 3. The summed E-state index contributed by atoms with van der Waals surface area (Å²) in [6.07, 6.45) is 1.42. The summed E-state index contributed by atoms with van der Waals surface area (Å²) in [5, 5.41) is 13.3. The number of aryl methyl sites for hydroxylation is 4. The van der Waals surface area contributed by atoms with Crippen molar-refractivity contribution in [3.63, 3.8) is 0 Å². The van der Waals surface area contributed by atoms with Crippen LogP contribution in [-0.2, 0) is 24.2 Å². The Balaban J connectivity index is 1.06. The molecule has 1 N–H and O–H groups in total. The van der Waals surface area contributed by atoms with E-state index in [0.717, 1.165) is 48.8 Å². The average molecular weight is 598 g/mol. The van der Waals surface area contributed by atoms with Gasteiger partial charge in [0, 0.05) is 69.4 Å². The molecule has 1 aliphatic rings. The number of aromatic nitrogens is 4. The Morgan fingerprint density at radius 2 is 1.67 bits per heavy atom. The third-order valence-electron chi connectivity index (χ3n) is 8.25. The first-order valence-electron chi connectivity index (χ1n) is 14.9. The van der Waals surface area contributed by atoms with Gasteiger partial charge in [-0.05, 0) is 48.7 Å². The van der Waals surface area contributed by atoms with Gasteiger partial charge in [0.2, 0.25) is 11.7 Å². The molecule has 1 aliphatic heterocycles. The number of halogens is 1. The van der Waals surface area contributed by atoms with Gasteiger partial charge < -0.3 is 10.2 Å². The summed E-state index contributed by atoms with van der Waals surface area (Å²) in [5.41, 5.74) is 4.25. The fourth-order valence-corrected chi connectivity index (χ4v) is 6.03. The van der Waals surface area contributed by atoms with Crippen molar-refractivity contribution >= 4 is 39.9 Å². The van der Waals surface area contributed by atoms with E-state index in [4.69, 9.17) is 11.6 Å². The van der Waals surface area contributed by atoms with Crippen LogP contribution in [-0.4, -0.2) is 69.2 Å². The van der Waals surface area contributed by atoms with Gasteiger partial charge in [-0.3, -0.25) is 23.5 Å². The molecule has 5 aromatic rings. The van der Waals surface area contributed by atoms with E-state index in [-0.39, 0.29) is 11.5 Å². The molecule has 2 aromatic heterocycles. The SMILES string of the molecule is Cc1ccc(Cl)cc1N1CCN(CCNC(=O)CCc2nnc3n(CCc4ccccc4)c(=O)c4ccccc4n23)CC1. The largest absolute Gasteiger partial charge is 0.369 e. The molecule has 0 atom stereocenters. The Hall–Kier alpha value is -4.21. The molecular formula is C33H36ClN7O2. The normalized spacial score (nSPS) is 14.0. The molecule has 3 aromatic carbocycles. The molecule has 9 nitrogen and oxygen atoms in total. The number of nitrogens with zero attached hydrogens (tertiary/aromatic N) is 6. The first-order chi connectivity index (χ1) is 21.0. The van der Waals surface area contributed by atoms with E-state index in [1.54, 1.807) is 4.57 Å². The number of amides is 1. The molecule has 0 radical (unpaired) electrons. The highest BCUT2D eigenvalue weighted by molar-refractivity contribution is 6.30. The van der Waals surface area contributed by atoms with Crippen molar-refractivity contribution in [2.45, 2.75) is 32.7 Å². The molecule has 1 fully saturated rings. The lowest BCUT2D eigenvalue weighted by molar-refractivity contribution is -0.121. The smallest absolute Gasteiger partial charge is 0.262 e. The van der Waals surface area contributed by atoms with Gasteiger partial charge in [-0.1, -0.05) is 60.1 Å². The predicted molar refractivity (Wildman–Crippen MR) is 171 cm³/mol. The minimum absolute atomic E-state index is 0.0216. The summed E-state index contributed by atoms with van der Waals surface area (Å²) in [6, 6.07) is 23.6. The number of para-hydroxylation sites is 1. The number of rotatable bonds is 10. The summed E-state index contributed by atoms with van der Waals surface area (Å²) in [6.45, 7) is 7.74. The fourth-order valence-electron chi connectivity index (χ4n) is 5.87. The van der Waals surface area contributed by atoms with Crippen LogP contribution in [0.5, 0.6) is 0 Å². The fraction of sp³-hybridized carbons (Fsp3) is 0.333. The Labute approximate surface area is 255 Å². The van der Waals surface area contributed by atoms with Gasteiger partial charge in [-0.25, -0.2) is 0 Å². The van der Waals surface area contributed by atoms with Crippen LogP contribution in [0.3, 0.4) is 0 Å². The lowest BCUT2D eigenvalue weighted by atomic mass is 10.1. The van der Waals surface area contributed by atoms with Crippen molar-refractivity contribution in [3.05, 3.63) is 105 Å². The second-order valence-electron chi connectivity index (χ2n) is 11.1. The predicted octanol–water partition coefficient (Wildman–Crippen LogP) is 4.12. The quantitative estimate of drug-likeness (QED) is 0.261. The molecule has 6 rings (SSSR count). The Morgan fingerprint density at radius 1 is 0.907 bits per heavy atom. The Kier molecular flexibility index (Phi) is 8.72. The Bertz CT molecular complexity index is 1790. The number of piperazine rings is 1. The molecular weight excluding hydrogens is 562 g/mol. The van der Waals surface area contributed by atoms with E-state index in [9.17, 15) is 9.59 Å². The van der Waals surface area contributed by atoms with Gasteiger partial charge in [0.15, 0.2) is 0 Å². The number of hydrogen-bond donors (Lipinski definition) is 1. The van der Waals surface area contributed by atoms with Crippen molar-refractivity contribution in [2.24, 2.45) is 0 Å². The minimum Gasteiger partial charge on any atom is -0.369 e. The van der Waals surface area contributed by atoms with Crippen LogP contribution in [0.2, 0.25) is 5.02 Å². The number of nitrogens with one attached hydrogen (secondary N) is 1. The molecule has 0 saturated carbocycles. The van der Waals surface area contributed by atoms with E-state index in [0.29, 0.717) is 49.3 Å². The Morgan fingerprint density at radius 3 is 2.49 bits per heavy atom. The van der Waals surface area contributed by atoms with Crippen LogP contribution in [0.15, 0.2) is 77.6 Å². The maximum atomic E-state index is 13.4. The van der Waals surface area contributed by atoms with E-state index in [1.165, 1.54) is 11.3 Å². The minimum atomic E-state index is -0.0840. The number of fused-ring (bicyclic) bond motifs is 3. The molecule has 1 amide bonds. The van der Waals surface area contributed by atoms with E-state index < -0.39 is 0 Å². The van der Waals surface area contributed by atoms with Gasteiger partial charge in [0.1, 0.15) is 5.82 Å². The zero-order chi connectivity index (χ0) is 29.8. The highest BCUT2D eigenvalue weighted by Gasteiger charge is 2.20. The first kappa shape index (κ1) is 28.9. The molecule has 0 unspecified atom stereocenters. The highest BCUT2D eigenvalue weighted by atomic mass is 35.5. The summed E-state index contributed by atoms with van der Waals surface area (Å²) in [5.74, 6) is 1.15. The van der Waals surface area contributed by atoms with Crippen LogP contribution in [0.4, 0.5) is 5.69 Å². The van der Waals surface area contributed by atoms with Crippen molar-refractivity contribution < 1.29 is 4.79 Å². The monoisotopic (exact) mass is 597 g/mol. The van der Waals surface area contributed by atoms with Crippen molar-refractivity contribution in [1.29, 1.82) is 0 Å². The summed E-state index contributed by atoms with van der Waals surface area (Å²) >= 11 is 6.22. The maximum absolute atomic E-state index is 13.4. The third-order valence-corrected chi connectivity index (χ3v) is 8.49. The lowest BCUT2D eigenvalue weighted by Gasteiger charge is -2.36. The second kappa shape index (κ2) is 13.0. The standard InChI is InChI=1S/C33H36ClN7O2/c1-24-11-12-26(34)23-29(24)39-21-19-38(20-22-39)18-16-35-31(42)14-13-30-36-37-33-40(17-15-25-7-3-2-4-8-25)32(43)27-9-5-6-10-28(27)41(30)33/h2-12,23H,13-22H2,1H3,(H,35,42). The molecule has 0 bridgehead atoms. The molecule has 3 heterocycles. The van der Waals surface area contributed by atoms with Crippen molar-refractivity contribution in [3.8, 4) is 0 Å². The summed E-state index contributed by atoms with van der Waals surface area (Å²) in [4.78, 5) is 31.0. The summed E-state index contributed by atoms with van der Waals surface area (Å²) < 4.78 is 3.62. The molecule has 10 heteroatoms. The van der Waals surface area contributed by atoms with Crippen molar-refractivity contribution in [2.75, 3.05) is 44.2 Å². The summed E-state index contributed by atoms with van der Waals surface area (Å²) in [7, 11) is 0. The van der Waals surface area contributed by atoms with Gasteiger partial charge in [0.05, 0.1) is 10.9 Å². The topological polar surface area (TPSA) is 87.8 Å². The number of hydrogen-bond acceptors (Lipinski definition) is 6. The maximum Gasteiger partial charge on any atom is 0.262 e. The molecule has 0 aliphatic carbocycles. The van der Waals surface area contributed by atoms with Crippen LogP contribution < -0.4 is 15.8 Å². The van der Waals surface area contributed by atoms with Crippen LogP contribution >= 0.6 is 11.6 Å². The number of carbonyl (C=O) groups is 1. The van der Waals surface area contributed by atoms with E-state index in [2.05, 4.69) is 50.4 Å². The van der Waals surface area contributed by atoms with Crippen LogP contribution in [0.1, 0.15) is 23.4 Å². The molecule has 1 saturated heterocycles. The third kappa shape index (κ3) is 6.43. The van der Waals surface area contributed by atoms with Crippen LogP contribution in [0.25, 0.3) is 16.7 Å². The molecule has 0 spiro atoms. The van der Waals surface area contributed by atoms with E-state index >= 15 is 0 Å². The highest BCUT2D eigenvalue weighted by Crippen LogP contribution is 2.25. The van der Waals surface area contributed by atoms with Gasteiger partial charge in [-0.15, -0.1) is 10.2 Å².